The summed E-state index contributed by atoms with van der Waals surface area (Å²) in [5.74, 6) is 1.93. The molecule has 1 fully saturated rings. The van der Waals surface area contributed by atoms with Gasteiger partial charge in [-0.3, -0.25) is 14.9 Å². The first-order valence-corrected chi connectivity index (χ1v) is 13.0. The van der Waals surface area contributed by atoms with Crippen LogP contribution in [0.25, 0.3) is 11.4 Å². The van der Waals surface area contributed by atoms with E-state index in [1.807, 2.05) is 48.5 Å². The van der Waals surface area contributed by atoms with Crippen LogP contribution in [0.5, 0.6) is 5.75 Å². The predicted octanol–water partition coefficient (Wildman–Crippen LogP) is 4.42. The van der Waals surface area contributed by atoms with Crippen molar-refractivity contribution in [3.05, 3.63) is 89.0 Å². The number of rotatable bonds is 6. The third-order valence-electron chi connectivity index (χ3n) is 7.30. The third kappa shape index (κ3) is 4.70. The number of H-pyrrole nitrogens is 1. The van der Waals surface area contributed by atoms with Gasteiger partial charge in [0.1, 0.15) is 12.4 Å². The van der Waals surface area contributed by atoms with Crippen LogP contribution in [-0.4, -0.2) is 57.7 Å². The number of amides is 1. The zero-order valence-corrected chi connectivity index (χ0v) is 21.7. The summed E-state index contributed by atoms with van der Waals surface area (Å²) in [6, 6.07) is 16.5. The molecule has 0 unspecified atom stereocenters. The molecule has 10 heteroatoms. The van der Waals surface area contributed by atoms with E-state index in [1.165, 1.54) is 0 Å². The summed E-state index contributed by atoms with van der Waals surface area (Å²) >= 11 is 6.39. The van der Waals surface area contributed by atoms with Crippen molar-refractivity contribution in [3.8, 4) is 17.1 Å². The van der Waals surface area contributed by atoms with Crippen LogP contribution in [0.1, 0.15) is 40.6 Å². The van der Waals surface area contributed by atoms with Crippen LogP contribution in [0.4, 0.5) is 5.69 Å². The van der Waals surface area contributed by atoms with Crippen molar-refractivity contribution in [1.82, 2.24) is 30.4 Å². The number of hydrogen-bond donors (Lipinski definition) is 3. The van der Waals surface area contributed by atoms with Gasteiger partial charge >= 0.3 is 0 Å². The molecule has 0 spiro atoms. The number of nitrogens with one attached hydrogen (secondary N) is 3. The number of nitrogens with zero attached hydrogens (tertiary/aromatic N) is 4. The van der Waals surface area contributed by atoms with Crippen molar-refractivity contribution in [1.29, 1.82) is 0 Å². The van der Waals surface area contributed by atoms with Gasteiger partial charge in [-0.05, 0) is 62.4 Å². The Bertz CT molecular complexity index is 1450. The van der Waals surface area contributed by atoms with Crippen molar-refractivity contribution in [3.63, 3.8) is 0 Å². The van der Waals surface area contributed by atoms with E-state index in [1.54, 1.807) is 18.5 Å². The number of carbonyl (C=O) groups excluding carboxylic acids is 1. The number of carbonyl (C=O) groups is 1. The monoisotopic (exact) mass is 529 g/mol. The quantitative estimate of drug-likeness (QED) is 0.339. The van der Waals surface area contributed by atoms with Gasteiger partial charge in [0.25, 0.3) is 5.91 Å². The molecular weight excluding hydrogens is 502 g/mol. The van der Waals surface area contributed by atoms with Crippen molar-refractivity contribution in [2.45, 2.75) is 24.4 Å². The summed E-state index contributed by atoms with van der Waals surface area (Å²) in [6.45, 7) is 2.16. The molecule has 2 aliphatic heterocycles. The Hall–Kier alpha value is -3.95. The number of pyridine rings is 1. The van der Waals surface area contributed by atoms with E-state index in [9.17, 15) is 4.79 Å². The highest BCUT2D eigenvalue weighted by Gasteiger charge is 2.39. The number of halogens is 1. The Labute approximate surface area is 225 Å². The molecule has 4 heterocycles. The highest BCUT2D eigenvalue weighted by atomic mass is 35.5. The fourth-order valence-corrected chi connectivity index (χ4v) is 5.43. The van der Waals surface area contributed by atoms with E-state index in [-0.39, 0.29) is 11.9 Å². The molecule has 38 heavy (non-hydrogen) atoms. The molecule has 3 N–H and O–H groups in total. The van der Waals surface area contributed by atoms with Crippen LogP contribution in [0.3, 0.4) is 0 Å². The van der Waals surface area contributed by atoms with Crippen molar-refractivity contribution >= 4 is 23.2 Å². The summed E-state index contributed by atoms with van der Waals surface area (Å²) in [5.41, 5.74) is 2.66. The summed E-state index contributed by atoms with van der Waals surface area (Å²) in [5, 5.41) is 15.0. The SMILES string of the molecule is CN1CCC(Nc2cccc(C(=O)N[C@@H]3COc4cccc(Cl)c43)c2)(c2nc(-c3ccncc3)n[nH]2)CC1. The smallest absolute Gasteiger partial charge is 0.251 e. The van der Waals surface area contributed by atoms with Crippen LogP contribution < -0.4 is 15.4 Å². The standard InChI is InChI=1S/C28H28ClN7O2/c1-36-14-10-28(11-15-36,27-32-25(34-35-27)18-8-12-30-13-9-18)33-20-5-2-4-19(16-20)26(37)31-22-17-38-23-7-3-6-21(29)24(22)23/h2-9,12-13,16,22,33H,10-11,14-15,17H2,1H3,(H,31,37)(H,32,34,35)/t22-/m1/s1. The van der Waals surface area contributed by atoms with Gasteiger partial charge in [-0.1, -0.05) is 23.7 Å². The van der Waals surface area contributed by atoms with Gasteiger partial charge in [0.15, 0.2) is 11.6 Å². The Balaban J connectivity index is 1.24. The molecule has 0 aliphatic carbocycles. The lowest BCUT2D eigenvalue weighted by atomic mass is 9.86. The second-order valence-electron chi connectivity index (χ2n) is 9.82. The molecule has 0 radical (unpaired) electrons. The zero-order valence-electron chi connectivity index (χ0n) is 20.9. The fourth-order valence-electron chi connectivity index (χ4n) is 5.13. The Morgan fingerprint density at radius 3 is 2.74 bits per heavy atom. The van der Waals surface area contributed by atoms with Crippen LogP contribution in [0, 0.1) is 0 Å². The van der Waals surface area contributed by atoms with E-state index in [2.05, 4.69) is 37.8 Å². The minimum absolute atomic E-state index is 0.188. The molecule has 2 aliphatic rings. The number of anilines is 1. The molecule has 6 rings (SSSR count). The average Bonchev–Trinajstić information content (AvgIpc) is 3.60. The number of fused-ring (bicyclic) bond motifs is 1. The minimum Gasteiger partial charge on any atom is -0.491 e. The second kappa shape index (κ2) is 10.1. The number of benzene rings is 2. The van der Waals surface area contributed by atoms with Crippen molar-refractivity contribution in [2.24, 2.45) is 0 Å². The van der Waals surface area contributed by atoms with Gasteiger partial charge in [-0.15, -0.1) is 0 Å². The summed E-state index contributed by atoms with van der Waals surface area (Å²) in [6.07, 6.45) is 5.13. The summed E-state index contributed by atoms with van der Waals surface area (Å²) < 4.78 is 5.72. The maximum absolute atomic E-state index is 13.2. The molecule has 2 aromatic heterocycles. The van der Waals surface area contributed by atoms with Gasteiger partial charge < -0.3 is 20.3 Å². The number of likely N-dealkylation sites (tertiary alicyclic amines) is 1. The van der Waals surface area contributed by atoms with Crippen LogP contribution >= 0.6 is 11.6 Å². The third-order valence-corrected chi connectivity index (χ3v) is 7.63. The van der Waals surface area contributed by atoms with E-state index < -0.39 is 5.54 Å². The molecular formula is C28H28ClN7O2. The first-order chi connectivity index (χ1) is 18.5. The molecule has 9 nitrogen and oxygen atoms in total. The normalized spacial score (nSPS) is 18.4. The fraction of sp³-hybridized carbons (Fsp3) is 0.286. The van der Waals surface area contributed by atoms with E-state index >= 15 is 0 Å². The van der Waals surface area contributed by atoms with Crippen LogP contribution in [0.15, 0.2) is 67.0 Å². The van der Waals surface area contributed by atoms with Crippen LogP contribution in [-0.2, 0) is 5.54 Å². The maximum atomic E-state index is 13.2. The number of hydrogen-bond acceptors (Lipinski definition) is 7. The first kappa shape index (κ1) is 24.4. The zero-order chi connectivity index (χ0) is 26.1. The second-order valence-corrected chi connectivity index (χ2v) is 10.2. The van der Waals surface area contributed by atoms with Gasteiger partial charge in [-0.2, -0.15) is 5.10 Å². The maximum Gasteiger partial charge on any atom is 0.251 e. The molecule has 1 amide bonds. The highest BCUT2D eigenvalue weighted by molar-refractivity contribution is 6.31. The highest BCUT2D eigenvalue weighted by Crippen LogP contribution is 2.38. The summed E-state index contributed by atoms with van der Waals surface area (Å²) in [7, 11) is 2.12. The van der Waals surface area contributed by atoms with E-state index in [4.69, 9.17) is 21.3 Å². The average molecular weight is 530 g/mol. The lowest BCUT2D eigenvalue weighted by Gasteiger charge is -2.40. The Morgan fingerprint density at radius 1 is 1.13 bits per heavy atom. The Morgan fingerprint density at radius 2 is 1.92 bits per heavy atom. The van der Waals surface area contributed by atoms with Crippen molar-refractivity contribution in [2.75, 3.05) is 32.1 Å². The molecule has 0 saturated carbocycles. The molecule has 2 aromatic carbocycles. The number of aromatic amines is 1. The van der Waals surface area contributed by atoms with Crippen LogP contribution in [0.2, 0.25) is 5.02 Å². The largest absolute Gasteiger partial charge is 0.491 e. The van der Waals surface area contributed by atoms with E-state index in [0.29, 0.717) is 28.8 Å². The van der Waals surface area contributed by atoms with Crippen molar-refractivity contribution < 1.29 is 9.53 Å². The van der Waals surface area contributed by atoms with Gasteiger partial charge in [0, 0.05) is 52.9 Å². The van der Waals surface area contributed by atoms with Gasteiger partial charge in [0.05, 0.1) is 11.6 Å². The Kier molecular flexibility index (Phi) is 6.47. The number of ether oxygens (including phenoxy) is 1. The number of aromatic nitrogens is 4. The lowest BCUT2D eigenvalue weighted by molar-refractivity contribution is 0.0930. The molecule has 1 saturated heterocycles. The first-order valence-electron chi connectivity index (χ1n) is 12.6. The minimum atomic E-state index is -0.453. The predicted molar refractivity (Wildman–Crippen MR) is 145 cm³/mol. The molecule has 4 aromatic rings. The molecule has 194 valence electrons. The van der Waals surface area contributed by atoms with Gasteiger partial charge in [-0.25, -0.2) is 4.98 Å². The topological polar surface area (TPSA) is 108 Å². The van der Waals surface area contributed by atoms with Gasteiger partial charge in [0.2, 0.25) is 0 Å². The van der Waals surface area contributed by atoms with E-state index in [0.717, 1.165) is 48.6 Å². The lowest BCUT2D eigenvalue weighted by Crippen LogP contribution is -2.46. The summed E-state index contributed by atoms with van der Waals surface area (Å²) in [4.78, 5) is 24.5. The number of piperidine rings is 1. The molecule has 1 atom stereocenters. The molecule has 0 bridgehead atoms.